The number of rotatable bonds is 8. The Morgan fingerprint density at radius 3 is 2.23 bits per heavy atom. The second-order valence-electron chi connectivity index (χ2n) is 11.7. The molecule has 1 aromatic rings. The fourth-order valence-corrected chi connectivity index (χ4v) is 7.81. The third-order valence-electron chi connectivity index (χ3n) is 9.00. The molecule has 1 aliphatic heterocycles. The van der Waals surface area contributed by atoms with Gasteiger partial charge in [-0.3, -0.25) is 9.69 Å². The predicted molar refractivity (Wildman–Crippen MR) is 132 cm³/mol. The van der Waals surface area contributed by atoms with Crippen molar-refractivity contribution in [1.82, 2.24) is 10.2 Å². The summed E-state index contributed by atoms with van der Waals surface area (Å²) in [6, 6.07) is 4.19. The number of carbonyl (C=O) groups is 1. The van der Waals surface area contributed by atoms with Crippen LogP contribution in [0, 0.1) is 23.2 Å². The number of nitrogen functional groups attached to an aromatic ring is 1. The molecule has 0 spiro atoms. The third-order valence-corrected chi connectivity index (χ3v) is 9.00. The second-order valence-corrected chi connectivity index (χ2v) is 11.7. The number of amides is 1. The van der Waals surface area contributed by atoms with Gasteiger partial charge in [-0.05, 0) is 99.3 Å². The molecule has 0 aromatic heterocycles. The Hall–Kier alpha value is -1.96. The van der Waals surface area contributed by atoms with Crippen LogP contribution in [0.4, 0.5) is 24.5 Å². The first-order valence-electron chi connectivity index (χ1n) is 13.4. The van der Waals surface area contributed by atoms with Gasteiger partial charge >= 0.3 is 6.18 Å². The zero-order valence-corrected chi connectivity index (χ0v) is 20.6. The Balaban J connectivity index is 0.986. The smallest absolute Gasteiger partial charge is 0.398 e. The van der Waals surface area contributed by atoms with E-state index in [2.05, 4.69) is 10.2 Å². The lowest BCUT2D eigenvalue weighted by molar-refractivity contribution is -0.137. The summed E-state index contributed by atoms with van der Waals surface area (Å²) < 4.78 is 39.5. The maximum Gasteiger partial charge on any atom is 0.418 e. The molecule has 1 saturated heterocycles. The third kappa shape index (κ3) is 5.73. The fourth-order valence-electron chi connectivity index (χ4n) is 7.81. The molecule has 8 heteroatoms. The molecule has 1 amide bonds. The van der Waals surface area contributed by atoms with Gasteiger partial charge < -0.3 is 16.0 Å². The van der Waals surface area contributed by atoms with Gasteiger partial charge in [-0.25, -0.2) is 0 Å². The molecule has 4 aliphatic carbocycles. The average Bonchev–Trinajstić information content (AvgIpc) is 2.77. The van der Waals surface area contributed by atoms with E-state index in [1.165, 1.54) is 44.6 Å². The van der Waals surface area contributed by atoms with Crippen LogP contribution in [0.1, 0.15) is 63.4 Å². The van der Waals surface area contributed by atoms with Crippen LogP contribution in [-0.2, 0) is 11.0 Å². The topological polar surface area (TPSA) is 61.6 Å². The summed E-state index contributed by atoms with van der Waals surface area (Å²) in [6.45, 7) is 4.73. The highest BCUT2D eigenvalue weighted by Crippen LogP contribution is 2.61. The number of unbranched alkanes of at least 4 members (excludes halogenated alkanes) is 1. The van der Waals surface area contributed by atoms with E-state index in [0.717, 1.165) is 69.3 Å². The minimum Gasteiger partial charge on any atom is -0.398 e. The first-order valence-corrected chi connectivity index (χ1v) is 13.4. The lowest BCUT2D eigenvalue weighted by Crippen LogP contribution is -2.48. The van der Waals surface area contributed by atoms with Crippen LogP contribution >= 0.6 is 0 Å². The van der Waals surface area contributed by atoms with Crippen molar-refractivity contribution in [3.8, 4) is 0 Å². The summed E-state index contributed by atoms with van der Waals surface area (Å²) in [5.41, 5.74) is 5.41. The van der Waals surface area contributed by atoms with E-state index >= 15 is 0 Å². The van der Waals surface area contributed by atoms with Crippen LogP contribution in [0.3, 0.4) is 0 Å². The molecular weight excluding hydrogens is 453 g/mol. The number of hydrogen-bond acceptors (Lipinski definition) is 4. The number of piperazine rings is 1. The molecule has 194 valence electrons. The molecule has 5 nitrogen and oxygen atoms in total. The van der Waals surface area contributed by atoms with Gasteiger partial charge in [0.25, 0.3) is 0 Å². The molecule has 0 atom stereocenters. The van der Waals surface area contributed by atoms with Crippen LogP contribution in [0.15, 0.2) is 18.2 Å². The molecule has 5 fully saturated rings. The van der Waals surface area contributed by atoms with Crippen LogP contribution in [0.2, 0.25) is 0 Å². The standard InChI is InChI=1S/C27H39F3N4O/c28-27(29,30)23-14-22(3-4-24(23)31)34-9-7-33(8-10-34)6-2-1-5-32-25(35)18-26-15-19-11-20(16-26)13-21(12-19)17-26/h3-4,14,19-21H,1-2,5-13,15-18,31H2,(H,32,35). The fraction of sp³-hybridized carbons (Fsp3) is 0.741. The van der Waals surface area contributed by atoms with Crippen LogP contribution in [0.5, 0.6) is 0 Å². The normalized spacial score (nSPS) is 30.6. The molecule has 0 unspecified atom stereocenters. The van der Waals surface area contributed by atoms with Gasteiger partial charge in [0.2, 0.25) is 5.91 Å². The number of halogens is 3. The zero-order valence-electron chi connectivity index (χ0n) is 20.6. The lowest BCUT2D eigenvalue weighted by atomic mass is 9.49. The Morgan fingerprint density at radius 2 is 1.63 bits per heavy atom. The van der Waals surface area contributed by atoms with E-state index in [1.54, 1.807) is 6.07 Å². The number of carbonyl (C=O) groups excluding carboxylic acids is 1. The van der Waals surface area contributed by atoms with Crippen molar-refractivity contribution in [2.75, 3.05) is 49.9 Å². The van der Waals surface area contributed by atoms with Crippen LogP contribution in [-0.4, -0.2) is 50.1 Å². The molecule has 1 aromatic carbocycles. The molecule has 5 aliphatic rings. The van der Waals surface area contributed by atoms with Crippen LogP contribution < -0.4 is 16.0 Å². The van der Waals surface area contributed by atoms with Crippen molar-refractivity contribution in [2.24, 2.45) is 23.2 Å². The average molecular weight is 493 g/mol. The maximum absolute atomic E-state index is 13.2. The highest BCUT2D eigenvalue weighted by molar-refractivity contribution is 5.76. The summed E-state index contributed by atoms with van der Waals surface area (Å²) in [7, 11) is 0. The number of hydrogen-bond donors (Lipinski definition) is 2. The monoisotopic (exact) mass is 492 g/mol. The van der Waals surface area contributed by atoms with Crippen molar-refractivity contribution >= 4 is 17.3 Å². The van der Waals surface area contributed by atoms with E-state index in [1.807, 2.05) is 4.90 Å². The van der Waals surface area contributed by atoms with Gasteiger partial charge in [0.05, 0.1) is 5.56 Å². The van der Waals surface area contributed by atoms with E-state index in [0.29, 0.717) is 24.2 Å². The number of nitrogens with zero attached hydrogens (tertiary/aromatic N) is 2. The second kappa shape index (κ2) is 9.83. The number of nitrogens with one attached hydrogen (secondary N) is 1. The quantitative estimate of drug-likeness (QED) is 0.400. The van der Waals surface area contributed by atoms with Crippen LogP contribution in [0.25, 0.3) is 0 Å². The van der Waals surface area contributed by atoms with Gasteiger partial charge in [-0.15, -0.1) is 0 Å². The molecule has 6 rings (SSSR count). The number of anilines is 2. The Morgan fingerprint density at radius 1 is 1.00 bits per heavy atom. The van der Waals surface area contributed by atoms with Crippen molar-refractivity contribution < 1.29 is 18.0 Å². The molecular formula is C27H39F3N4O. The zero-order chi connectivity index (χ0) is 24.6. The molecule has 0 radical (unpaired) electrons. The van der Waals surface area contributed by atoms with Crippen molar-refractivity contribution in [3.63, 3.8) is 0 Å². The Labute approximate surface area is 206 Å². The summed E-state index contributed by atoms with van der Waals surface area (Å²) in [5, 5.41) is 3.18. The summed E-state index contributed by atoms with van der Waals surface area (Å²) in [6.07, 6.45) is 6.28. The molecule has 4 bridgehead atoms. The predicted octanol–water partition coefficient (Wildman–Crippen LogP) is 4.91. The van der Waals surface area contributed by atoms with Gasteiger partial charge in [-0.1, -0.05) is 0 Å². The van der Waals surface area contributed by atoms with Gasteiger partial charge in [-0.2, -0.15) is 13.2 Å². The van der Waals surface area contributed by atoms with E-state index in [9.17, 15) is 18.0 Å². The van der Waals surface area contributed by atoms with Gasteiger partial charge in [0, 0.05) is 50.5 Å². The summed E-state index contributed by atoms with van der Waals surface area (Å²) in [4.78, 5) is 17.0. The van der Waals surface area contributed by atoms with E-state index in [-0.39, 0.29) is 11.6 Å². The maximum atomic E-state index is 13.2. The first kappa shape index (κ1) is 24.7. The van der Waals surface area contributed by atoms with Gasteiger partial charge in [0.15, 0.2) is 0 Å². The summed E-state index contributed by atoms with van der Waals surface area (Å²) in [5.74, 6) is 2.87. The van der Waals surface area contributed by atoms with Gasteiger partial charge in [0.1, 0.15) is 0 Å². The lowest BCUT2D eigenvalue weighted by Gasteiger charge is -2.56. The van der Waals surface area contributed by atoms with E-state index < -0.39 is 11.7 Å². The summed E-state index contributed by atoms with van der Waals surface area (Å²) >= 11 is 0. The minimum absolute atomic E-state index is 0.232. The number of benzene rings is 1. The highest BCUT2D eigenvalue weighted by atomic mass is 19.4. The number of nitrogens with two attached hydrogens (primary N) is 1. The Bertz CT molecular complexity index is 875. The number of alkyl halides is 3. The highest BCUT2D eigenvalue weighted by Gasteiger charge is 2.51. The van der Waals surface area contributed by atoms with E-state index in [4.69, 9.17) is 5.73 Å². The molecule has 4 saturated carbocycles. The SMILES string of the molecule is Nc1ccc(N2CCN(CCCCNC(=O)CC34CC5CC(CC(C5)C3)C4)CC2)cc1C(F)(F)F. The minimum atomic E-state index is -4.44. The molecule has 35 heavy (non-hydrogen) atoms. The van der Waals surface area contributed by atoms with Crippen molar-refractivity contribution in [3.05, 3.63) is 23.8 Å². The van der Waals surface area contributed by atoms with Crippen molar-refractivity contribution in [2.45, 2.75) is 64.0 Å². The Kier molecular flexibility index (Phi) is 6.94. The van der Waals surface area contributed by atoms with Crippen molar-refractivity contribution in [1.29, 1.82) is 0 Å². The molecule has 1 heterocycles. The molecule has 3 N–H and O–H groups in total. The largest absolute Gasteiger partial charge is 0.418 e. The first-order chi connectivity index (χ1) is 16.7.